The normalized spacial score (nSPS) is 15.4. The molecule has 1 amide bonds. The minimum absolute atomic E-state index is 0.418. The SMILES string of the molecule is CC(C)(/C=N/[S+]([O-])C(C)(C)C)NC(=O)OC(C)(C)C. The summed E-state index contributed by atoms with van der Waals surface area (Å²) in [6.07, 6.45) is 0.962. The molecule has 0 saturated heterocycles. The van der Waals surface area contributed by atoms with E-state index in [2.05, 4.69) is 9.71 Å². The van der Waals surface area contributed by atoms with Crippen molar-refractivity contribution in [3.63, 3.8) is 0 Å². The summed E-state index contributed by atoms with van der Waals surface area (Å²) in [4.78, 5) is 11.6. The zero-order valence-electron chi connectivity index (χ0n) is 13.2. The fraction of sp³-hybridized carbons (Fsp3) is 0.846. The summed E-state index contributed by atoms with van der Waals surface area (Å²) < 4.78 is 20.5. The number of carbonyl (C=O) groups is 1. The molecule has 0 aromatic heterocycles. The third kappa shape index (κ3) is 8.88. The Morgan fingerprint density at radius 2 is 1.63 bits per heavy atom. The molecule has 0 heterocycles. The highest BCUT2D eigenvalue weighted by molar-refractivity contribution is 7.91. The van der Waals surface area contributed by atoms with Crippen molar-refractivity contribution in [3.05, 3.63) is 0 Å². The van der Waals surface area contributed by atoms with E-state index in [4.69, 9.17) is 4.74 Å². The van der Waals surface area contributed by atoms with Gasteiger partial charge in [-0.1, -0.05) is 4.40 Å². The number of amides is 1. The van der Waals surface area contributed by atoms with E-state index in [9.17, 15) is 9.35 Å². The topological polar surface area (TPSA) is 73.8 Å². The average molecular weight is 290 g/mol. The minimum Gasteiger partial charge on any atom is -0.591 e. The fourth-order valence-electron chi connectivity index (χ4n) is 0.937. The van der Waals surface area contributed by atoms with Gasteiger partial charge in [-0.15, -0.1) is 0 Å². The Morgan fingerprint density at radius 1 is 1.16 bits per heavy atom. The van der Waals surface area contributed by atoms with Crippen molar-refractivity contribution < 1.29 is 14.1 Å². The van der Waals surface area contributed by atoms with Crippen molar-refractivity contribution in [2.75, 3.05) is 0 Å². The summed E-state index contributed by atoms with van der Waals surface area (Å²) in [5, 5.41) is 2.67. The summed E-state index contributed by atoms with van der Waals surface area (Å²) in [6, 6.07) is 0. The van der Waals surface area contributed by atoms with Gasteiger partial charge in [-0.2, -0.15) is 0 Å². The lowest BCUT2D eigenvalue weighted by Gasteiger charge is -2.26. The van der Waals surface area contributed by atoms with E-state index in [-0.39, 0.29) is 0 Å². The molecule has 0 aromatic carbocycles. The standard InChI is InChI=1S/C13H26N2O3S/c1-11(2,3)18-10(16)15-13(7,8)9-14-19(17)12(4,5)6/h9H,1-8H3,(H,15,16)/b14-9+. The Hall–Kier alpha value is -0.750. The Bertz CT molecular complexity index is 341. The monoisotopic (exact) mass is 290 g/mol. The summed E-state index contributed by atoms with van der Waals surface area (Å²) in [5.41, 5.74) is -1.27. The van der Waals surface area contributed by atoms with Crippen LogP contribution in [0, 0.1) is 0 Å². The zero-order valence-corrected chi connectivity index (χ0v) is 14.0. The van der Waals surface area contributed by atoms with Gasteiger partial charge in [0.05, 0.1) is 11.8 Å². The van der Waals surface area contributed by atoms with Crippen molar-refractivity contribution in [2.45, 2.75) is 71.3 Å². The van der Waals surface area contributed by atoms with Crippen LogP contribution in [0.2, 0.25) is 0 Å². The van der Waals surface area contributed by atoms with Crippen LogP contribution in [0.15, 0.2) is 4.40 Å². The molecular formula is C13H26N2O3S. The molecule has 112 valence electrons. The van der Waals surface area contributed by atoms with E-state index < -0.39 is 33.3 Å². The van der Waals surface area contributed by atoms with Crippen LogP contribution in [0.5, 0.6) is 0 Å². The quantitative estimate of drug-likeness (QED) is 0.641. The molecule has 0 radical (unpaired) electrons. The van der Waals surface area contributed by atoms with Crippen LogP contribution < -0.4 is 5.32 Å². The molecule has 0 fully saturated rings. The number of hydrogen-bond donors (Lipinski definition) is 1. The lowest BCUT2D eigenvalue weighted by Crippen LogP contribution is -2.47. The van der Waals surface area contributed by atoms with Crippen LogP contribution >= 0.6 is 0 Å². The number of ether oxygens (including phenoxy) is 1. The second-order valence-electron chi connectivity index (χ2n) is 6.94. The van der Waals surface area contributed by atoms with Crippen molar-refractivity contribution in [1.29, 1.82) is 0 Å². The Balaban J connectivity index is 4.56. The van der Waals surface area contributed by atoms with E-state index in [1.54, 1.807) is 34.6 Å². The van der Waals surface area contributed by atoms with Crippen molar-refractivity contribution >= 4 is 23.7 Å². The molecule has 1 atom stereocenters. The molecule has 0 rings (SSSR count). The van der Waals surface area contributed by atoms with Gasteiger partial charge in [-0.3, -0.25) is 0 Å². The molecule has 0 bridgehead atoms. The maximum absolute atomic E-state index is 11.8. The number of nitrogens with one attached hydrogen (secondary N) is 1. The van der Waals surface area contributed by atoms with Gasteiger partial charge in [-0.05, 0) is 55.4 Å². The molecule has 0 aliphatic rings. The molecular weight excluding hydrogens is 264 g/mol. The van der Waals surface area contributed by atoms with Gasteiger partial charge in [0.2, 0.25) is 0 Å². The zero-order chi connectivity index (χ0) is 15.5. The van der Waals surface area contributed by atoms with Crippen LogP contribution in [-0.4, -0.2) is 32.7 Å². The summed E-state index contributed by atoms with van der Waals surface area (Å²) >= 11 is -1.34. The predicted molar refractivity (Wildman–Crippen MR) is 79.8 cm³/mol. The van der Waals surface area contributed by atoms with Gasteiger partial charge in [0.15, 0.2) is 0 Å². The number of carbonyl (C=O) groups excluding carboxylic acids is 1. The average Bonchev–Trinajstić information content (AvgIpc) is 2.08. The highest BCUT2D eigenvalue weighted by Crippen LogP contribution is 2.17. The minimum atomic E-state index is -1.34. The molecule has 0 aliphatic carbocycles. The van der Waals surface area contributed by atoms with Crippen LogP contribution in [0.4, 0.5) is 4.79 Å². The highest BCUT2D eigenvalue weighted by Gasteiger charge is 2.28. The molecule has 0 aromatic rings. The van der Waals surface area contributed by atoms with Gasteiger partial charge in [0.25, 0.3) is 0 Å². The number of nitrogens with zero attached hydrogens (tertiary/aromatic N) is 1. The largest absolute Gasteiger partial charge is 0.591 e. The van der Waals surface area contributed by atoms with E-state index in [0.717, 1.165) is 0 Å². The van der Waals surface area contributed by atoms with Gasteiger partial charge < -0.3 is 14.6 Å². The molecule has 6 heteroatoms. The van der Waals surface area contributed by atoms with E-state index >= 15 is 0 Å². The van der Waals surface area contributed by atoms with Crippen LogP contribution in [0.3, 0.4) is 0 Å². The predicted octanol–water partition coefficient (Wildman–Crippen LogP) is 2.82. The highest BCUT2D eigenvalue weighted by atomic mass is 32.2. The number of hydrogen-bond acceptors (Lipinski definition) is 4. The fourth-order valence-corrected chi connectivity index (χ4v) is 1.61. The van der Waals surface area contributed by atoms with E-state index in [1.807, 2.05) is 20.8 Å². The maximum atomic E-state index is 11.8. The first-order chi connectivity index (χ1) is 8.23. The third-order valence-corrected chi connectivity index (χ3v) is 3.16. The number of rotatable bonds is 3. The Labute approximate surface area is 119 Å². The molecule has 5 nitrogen and oxygen atoms in total. The summed E-state index contributed by atoms with van der Waals surface area (Å²) in [5.74, 6) is 0. The molecule has 0 saturated carbocycles. The van der Waals surface area contributed by atoms with Gasteiger partial charge in [0, 0.05) is 0 Å². The van der Waals surface area contributed by atoms with Crippen molar-refractivity contribution in [1.82, 2.24) is 5.32 Å². The molecule has 0 aliphatic heterocycles. The molecule has 0 spiro atoms. The first kappa shape index (κ1) is 18.2. The first-order valence-corrected chi connectivity index (χ1v) is 7.32. The van der Waals surface area contributed by atoms with Gasteiger partial charge in [0.1, 0.15) is 21.7 Å². The Morgan fingerprint density at radius 3 is 2.00 bits per heavy atom. The second-order valence-corrected chi connectivity index (χ2v) is 8.88. The smallest absolute Gasteiger partial charge is 0.408 e. The van der Waals surface area contributed by atoms with Crippen molar-refractivity contribution in [2.24, 2.45) is 4.40 Å². The van der Waals surface area contributed by atoms with Crippen LogP contribution in [0.25, 0.3) is 0 Å². The van der Waals surface area contributed by atoms with Crippen molar-refractivity contribution in [3.8, 4) is 0 Å². The van der Waals surface area contributed by atoms with Gasteiger partial charge in [-0.25, -0.2) is 4.79 Å². The lowest BCUT2D eigenvalue weighted by molar-refractivity contribution is 0.0498. The van der Waals surface area contributed by atoms with Crippen LogP contribution in [0.1, 0.15) is 55.4 Å². The summed E-state index contributed by atoms with van der Waals surface area (Å²) in [7, 11) is 0. The maximum Gasteiger partial charge on any atom is 0.408 e. The Kier molecular flexibility index (Phi) is 5.89. The first-order valence-electron chi connectivity index (χ1n) is 6.21. The second kappa shape index (κ2) is 6.13. The molecule has 1 N–H and O–H groups in total. The summed E-state index contributed by atoms with van der Waals surface area (Å²) in [6.45, 7) is 14.4. The van der Waals surface area contributed by atoms with E-state index in [1.165, 1.54) is 6.21 Å². The van der Waals surface area contributed by atoms with Gasteiger partial charge >= 0.3 is 6.09 Å². The third-order valence-electron chi connectivity index (χ3n) is 1.82. The molecule has 1 unspecified atom stereocenters. The number of alkyl carbamates (subject to hydrolysis) is 1. The lowest BCUT2D eigenvalue weighted by atomic mass is 10.1. The van der Waals surface area contributed by atoms with E-state index in [0.29, 0.717) is 0 Å². The molecule has 19 heavy (non-hydrogen) atoms. The van der Waals surface area contributed by atoms with Crippen LogP contribution in [-0.2, 0) is 16.1 Å².